The second-order valence-electron chi connectivity index (χ2n) is 10.5. The number of fused-ring (bicyclic) bond motifs is 1. The van der Waals surface area contributed by atoms with Crippen LogP contribution >= 0.6 is 0 Å². The highest BCUT2D eigenvalue weighted by Crippen LogP contribution is 2.44. The minimum atomic E-state index is -0.0267. The number of aromatic amines is 1. The average Bonchev–Trinajstić information content (AvgIpc) is 3.54. The monoisotopic (exact) mass is 504 g/mol. The zero-order chi connectivity index (χ0) is 26.0. The van der Waals surface area contributed by atoms with Gasteiger partial charge >= 0.3 is 0 Å². The highest BCUT2D eigenvalue weighted by molar-refractivity contribution is 5.99. The van der Waals surface area contributed by atoms with E-state index in [2.05, 4.69) is 15.5 Å². The van der Waals surface area contributed by atoms with E-state index in [1.807, 2.05) is 49.1 Å². The van der Waals surface area contributed by atoms with Crippen molar-refractivity contribution in [3.05, 3.63) is 53.2 Å². The molecule has 0 radical (unpaired) electrons. The van der Waals surface area contributed by atoms with Gasteiger partial charge in [0.05, 0.1) is 31.9 Å². The molecule has 5 rings (SSSR count). The Bertz CT molecular complexity index is 1290. The molecule has 2 N–H and O–H groups in total. The van der Waals surface area contributed by atoms with Crippen molar-refractivity contribution < 1.29 is 19.1 Å². The van der Waals surface area contributed by atoms with E-state index >= 15 is 0 Å². The van der Waals surface area contributed by atoms with Crippen molar-refractivity contribution >= 4 is 22.7 Å². The van der Waals surface area contributed by atoms with Crippen LogP contribution in [0.4, 0.5) is 0 Å². The summed E-state index contributed by atoms with van der Waals surface area (Å²) in [6.45, 7) is 6.09. The van der Waals surface area contributed by atoms with Gasteiger partial charge in [-0.25, -0.2) is 0 Å². The number of hydrogen-bond donors (Lipinski definition) is 2. The molecule has 8 heteroatoms. The van der Waals surface area contributed by atoms with Crippen LogP contribution < -0.4 is 14.8 Å². The molecule has 0 atom stereocenters. The molecule has 2 fully saturated rings. The number of amides is 2. The molecule has 3 aromatic rings. The normalized spacial score (nSPS) is 21.4. The molecule has 1 aromatic heterocycles. The first-order valence-electron chi connectivity index (χ1n) is 13.2. The second kappa shape index (κ2) is 10.4. The molecule has 8 nitrogen and oxygen atoms in total. The van der Waals surface area contributed by atoms with Crippen molar-refractivity contribution in [2.75, 3.05) is 26.8 Å². The lowest BCUT2D eigenvalue weighted by molar-refractivity contribution is -0.129. The molecule has 1 aliphatic heterocycles. The van der Waals surface area contributed by atoms with Gasteiger partial charge in [0.2, 0.25) is 5.91 Å². The van der Waals surface area contributed by atoms with Crippen molar-refractivity contribution in [1.82, 2.24) is 20.4 Å². The topological polar surface area (TPSA) is 96.6 Å². The standard InChI is InChI=1S/C29H36N4O4/c1-4-37-24-6-5-20(14-25(24)36-3)15-26(34)33-12-11-29(18-33)9-7-23(8-10-29)31-28(35)21-13-19(2)27-22(16-21)17-30-32-27/h5-6,13-14,16-17,23H,4,7-12,15,18H2,1-3H3,(H,30,32)(H,31,35). The zero-order valence-electron chi connectivity index (χ0n) is 21.9. The van der Waals surface area contributed by atoms with Gasteiger partial charge in [-0.05, 0) is 86.8 Å². The first-order valence-corrected chi connectivity index (χ1v) is 13.2. The van der Waals surface area contributed by atoms with E-state index in [-0.39, 0.29) is 23.3 Å². The summed E-state index contributed by atoms with van der Waals surface area (Å²) < 4.78 is 11.0. The van der Waals surface area contributed by atoms with Crippen LogP contribution in [-0.2, 0) is 11.2 Å². The number of nitrogens with zero attached hydrogens (tertiary/aromatic N) is 2. The van der Waals surface area contributed by atoms with Crippen LogP contribution in [0.25, 0.3) is 10.9 Å². The van der Waals surface area contributed by atoms with Gasteiger partial charge in [-0.2, -0.15) is 5.10 Å². The van der Waals surface area contributed by atoms with Gasteiger partial charge in [0.25, 0.3) is 5.91 Å². The van der Waals surface area contributed by atoms with Gasteiger partial charge in [0, 0.05) is 30.1 Å². The Morgan fingerprint density at radius 1 is 1.16 bits per heavy atom. The first-order chi connectivity index (χ1) is 17.9. The fraction of sp³-hybridized carbons (Fsp3) is 0.483. The van der Waals surface area contributed by atoms with E-state index in [4.69, 9.17) is 9.47 Å². The number of hydrogen-bond acceptors (Lipinski definition) is 5. The van der Waals surface area contributed by atoms with E-state index in [1.54, 1.807) is 13.3 Å². The van der Waals surface area contributed by atoms with Gasteiger partial charge in [0.1, 0.15) is 0 Å². The predicted octanol–water partition coefficient (Wildman–Crippen LogP) is 4.41. The number of H-pyrrole nitrogens is 1. The lowest BCUT2D eigenvalue weighted by atomic mass is 9.72. The highest BCUT2D eigenvalue weighted by atomic mass is 16.5. The van der Waals surface area contributed by atoms with Gasteiger partial charge in [-0.3, -0.25) is 14.7 Å². The zero-order valence-corrected chi connectivity index (χ0v) is 21.9. The number of rotatable bonds is 7. The molecule has 2 amide bonds. The quantitative estimate of drug-likeness (QED) is 0.497. The Hall–Kier alpha value is -3.55. The summed E-state index contributed by atoms with van der Waals surface area (Å²) in [4.78, 5) is 28.1. The lowest BCUT2D eigenvalue weighted by Crippen LogP contribution is -2.42. The maximum absolute atomic E-state index is 13.1. The summed E-state index contributed by atoms with van der Waals surface area (Å²) >= 11 is 0. The number of carbonyl (C=O) groups is 2. The minimum absolute atomic E-state index is 0.0267. The Morgan fingerprint density at radius 3 is 2.73 bits per heavy atom. The summed E-state index contributed by atoms with van der Waals surface area (Å²) in [5.74, 6) is 1.48. The van der Waals surface area contributed by atoms with Gasteiger partial charge < -0.3 is 19.7 Å². The summed E-state index contributed by atoms with van der Waals surface area (Å²) in [6.07, 6.45) is 7.08. The van der Waals surface area contributed by atoms with Crippen molar-refractivity contribution in [1.29, 1.82) is 0 Å². The van der Waals surface area contributed by atoms with Crippen molar-refractivity contribution in [2.24, 2.45) is 5.41 Å². The molecule has 1 saturated carbocycles. The molecular weight excluding hydrogens is 468 g/mol. The Morgan fingerprint density at radius 2 is 1.97 bits per heavy atom. The SMILES string of the molecule is CCOc1ccc(CC(=O)N2CCC3(CCC(NC(=O)c4cc(C)c5[nH]ncc5c4)CC3)C2)cc1OC. The van der Waals surface area contributed by atoms with Crippen LogP contribution in [0, 0.1) is 12.3 Å². The van der Waals surface area contributed by atoms with Gasteiger partial charge in [-0.15, -0.1) is 0 Å². The minimum Gasteiger partial charge on any atom is -0.493 e. The van der Waals surface area contributed by atoms with E-state index < -0.39 is 0 Å². The van der Waals surface area contributed by atoms with Crippen LogP contribution in [0.1, 0.15) is 60.5 Å². The number of nitrogens with one attached hydrogen (secondary N) is 2. The molecular formula is C29H36N4O4. The van der Waals surface area contributed by atoms with Crippen LogP contribution in [0.5, 0.6) is 11.5 Å². The number of methoxy groups -OCH3 is 1. The van der Waals surface area contributed by atoms with Crippen LogP contribution in [0.2, 0.25) is 0 Å². The number of likely N-dealkylation sites (tertiary alicyclic amines) is 1. The number of carbonyl (C=O) groups excluding carboxylic acids is 2. The molecule has 0 unspecified atom stereocenters. The van der Waals surface area contributed by atoms with E-state index in [1.165, 1.54) is 0 Å². The molecule has 2 heterocycles. The van der Waals surface area contributed by atoms with Crippen LogP contribution in [0.15, 0.2) is 36.5 Å². The van der Waals surface area contributed by atoms with Crippen LogP contribution in [0.3, 0.4) is 0 Å². The Kier molecular flexibility index (Phi) is 7.09. The number of aryl methyl sites for hydroxylation is 1. The molecule has 0 bridgehead atoms. The fourth-order valence-corrected chi connectivity index (χ4v) is 5.95. The van der Waals surface area contributed by atoms with E-state index in [0.717, 1.165) is 67.2 Å². The summed E-state index contributed by atoms with van der Waals surface area (Å²) in [5, 5.41) is 11.3. The third-order valence-electron chi connectivity index (χ3n) is 8.06. The van der Waals surface area contributed by atoms with E-state index in [0.29, 0.717) is 30.1 Å². The maximum atomic E-state index is 13.1. The summed E-state index contributed by atoms with van der Waals surface area (Å²) in [7, 11) is 1.62. The van der Waals surface area contributed by atoms with Gasteiger partial charge in [0.15, 0.2) is 11.5 Å². The largest absolute Gasteiger partial charge is 0.493 e. The molecule has 37 heavy (non-hydrogen) atoms. The predicted molar refractivity (Wildman–Crippen MR) is 142 cm³/mol. The number of aromatic nitrogens is 2. The first kappa shape index (κ1) is 25.1. The van der Waals surface area contributed by atoms with Crippen LogP contribution in [-0.4, -0.2) is 59.8 Å². The van der Waals surface area contributed by atoms with Crippen molar-refractivity contribution in [3.8, 4) is 11.5 Å². The fourth-order valence-electron chi connectivity index (χ4n) is 5.95. The molecule has 2 aromatic carbocycles. The molecule has 196 valence electrons. The van der Waals surface area contributed by atoms with Crippen molar-refractivity contribution in [3.63, 3.8) is 0 Å². The second-order valence-corrected chi connectivity index (χ2v) is 10.5. The molecule has 1 saturated heterocycles. The highest BCUT2D eigenvalue weighted by Gasteiger charge is 2.42. The number of ether oxygens (including phenoxy) is 2. The Balaban J connectivity index is 1.14. The number of benzene rings is 2. The molecule has 2 aliphatic rings. The van der Waals surface area contributed by atoms with Crippen molar-refractivity contribution in [2.45, 2.75) is 58.4 Å². The third-order valence-corrected chi connectivity index (χ3v) is 8.06. The van der Waals surface area contributed by atoms with Gasteiger partial charge in [-0.1, -0.05) is 6.07 Å². The molecule has 1 aliphatic carbocycles. The summed E-state index contributed by atoms with van der Waals surface area (Å²) in [6, 6.07) is 9.69. The molecule has 1 spiro atoms. The Labute approximate surface area is 217 Å². The maximum Gasteiger partial charge on any atom is 0.251 e. The summed E-state index contributed by atoms with van der Waals surface area (Å²) in [5.41, 5.74) is 3.76. The average molecular weight is 505 g/mol. The smallest absolute Gasteiger partial charge is 0.251 e. The van der Waals surface area contributed by atoms with E-state index in [9.17, 15) is 9.59 Å². The lowest BCUT2D eigenvalue weighted by Gasteiger charge is -2.37. The third kappa shape index (κ3) is 5.29.